The maximum atomic E-state index is 12.4. The van der Waals surface area contributed by atoms with Crippen molar-refractivity contribution in [2.75, 3.05) is 29.6 Å². The predicted molar refractivity (Wildman–Crippen MR) is 112 cm³/mol. The van der Waals surface area contributed by atoms with Gasteiger partial charge in [0.2, 0.25) is 0 Å². The van der Waals surface area contributed by atoms with E-state index in [2.05, 4.69) is 41.6 Å². The fourth-order valence-corrected chi connectivity index (χ4v) is 2.62. The number of pyridine rings is 1. The van der Waals surface area contributed by atoms with Crippen LogP contribution in [0.2, 0.25) is 0 Å². The molecule has 1 aromatic heterocycles. The highest BCUT2D eigenvalue weighted by Crippen LogP contribution is 2.19. The molecule has 0 bridgehead atoms. The van der Waals surface area contributed by atoms with E-state index in [0.717, 1.165) is 17.1 Å². The zero-order valence-corrected chi connectivity index (χ0v) is 16.1. The summed E-state index contributed by atoms with van der Waals surface area (Å²) in [6.45, 7) is 4.16. The maximum Gasteiger partial charge on any atom is 0.257 e. The van der Waals surface area contributed by atoms with E-state index in [-0.39, 0.29) is 5.91 Å². The molecule has 3 rings (SSSR count). The van der Waals surface area contributed by atoms with Gasteiger partial charge >= 0.3 is 0 Å². The molecule has 5 nitrogen and oxygen atoms in total. The normalized spacial score (nSPS) is 10.4. The van der Waals surface area contributed by atoms with E-state index >= 15 is 0 Å². The van der Waals surface area contributed by atoms with Crippen molar-refractivity contribution in [3.8, 4) is 0 Å². The van der Waals surface area contributed by atoms with Gasteiger partial charge in [-0.15, -0.1) is 0 Å². The third-order valence-corrected chi connectivity index (χ3v) is 4.45. The van der Waals surface area contributed by atoms with Crippen LogP contribution in [0.4, 0.5) is 22.9 Å². The highest BCUT2D eigenvalue weighted by atomic mass is 16.1. The Morgan fingerprint density at radius 2 is 1.59 bits per heavy atom. The summed E-state index contributed by atoms with van der Waals surface area (Å²) in [7, 11) is 3.96. The number of nitrogens with zero attached hydrogens (tertiary/aromatic N) is 2. The number of rotatable bonds is 5. The molecule has 2 aromatic carbocycles. The predicted octanol–water partition coefficient (Wildman–Crippen LogP) is 4.76. The van der Waals surface area contributed by atoms with Gasteiger partial charge in [0.1, 0.15) is 5.82 Å². The van der Waals surface area contributed by atoms with E-state index in [1.807, 2.05) is 49.3 Å². The average molecular weight is 360 g/mol. The second kappa shape index (κ2) is 7.91. The minimum Gasteiger partial charge on any atom is -0.378 e. The van der Waals surface area contributed by atoms with Crippen molar-refractivity contribution in [2.45, 2.75) is 13.8 Å². The summed E-state index contributed by atoms with van der Waals surface area (Å²) in [5.74, 6) is 0.517. The SMILES string of the molecule is Cc1ccc(Nc2ccc(C(=O)Nc3ccc(N(C)C)cc3)cn2)cc1C. The van der Waals surface area contributed by atoms with Crippen molar-refractivity contribution < 1.29 is 4.79 Å². The zero-order chi connectivity index (χ0) is 19.4. The van der Waals surface area contributed by atoms with Crippen molar-refractivity contribution in [1.29, 1.82) is 0 Å². The van der Waals surface area contributed by atoms with Crippen molar-refractivity contribution >= 4 is 28.8 Å². The Labute approximate surface area is 160 Å². The number of carbonyl (C=O) groups excluding carboxylic acids is 1. The number of anilines is 4. The van der Waals surface area contributed by atoms with Gasteiger partial charge in [-0.25, -0.2) is 4.98 Å². The quantitative estimate of drug-likeness (QED) is 0.689. The Bertz CT molecular complexity index is 932. The first-order valence-corrected chi connectivity index (χ1v) is 8.81. The van der Waals surface area contributed by atoms with Crippen molar-refractivity contribution in [1.82, 2.24) is 4.98 Å². The van der Waals surface area contributed by atoms with E-state index in [4.69, 9.17) is 0 Å². The molecule has 0 spiro atoms. The Hall–Kier alpha value is -3.34. The van der Waals surface area contributed by atoms with Crippen LogP contribution in [0, 0.1) is 13.8 Å². The van der Waals surface area contributed by atoms with Gasteiger partial charge < -0.3 is 15.5 Å². The number of aryl methyl sites for hydroxylation is 2. The molecule has 0 fully saturated rings. The molecule has 0 saturated heterocycles. The van der Waals surface area contributed by atoms with Gasteiger partial charge in [-0.2, -0.15) is 0 Å². The number of amides is 1. The topological polar surface area (TPSA) is 57.3 Å². The minimum absolute atomic E-state index is 0.183. The van der Waals surface area contributed by atoms with E-state index < -0.39 is 0 Å². The molecule has 27 heavy (non-hydrogen) atoms. The monoisotopic (exact) mass is 360 g/mol. The van der Waals surface area contributed by atoms with E-state index in [1.165, 1.54) is 11.1 Å². The van der Waals surface area contributed by atoms with E-state index in [1.54, 1.807) is 18.3 Å². The van der Waals surface area contributed by atoms with Gasteiger partial charge in [0.05, 0.1) is 5.56 Å². The smallest absolute Gasteiger partial charge is 0.257 e. The maximum absolute atomic E-state index is 12.4. The van der Waals surface area contributed by atoms with Gasteiger partial charge in [-0.1, -0.05) is 6.07 Å². The summed E-state index contributed by atoms with van der Waals surface area (Å²) in [6.07, 6.45) is 1.58. The fraction of sp³-hybridized carbons (Fsp3) is 0.182. The number of nitrogens with one attached hydrogen (secondary N) is 2. The van der Waals surface area contributed by atoms with Gasteiger partial charge in [-0.05, 0) is 73.5 Å². The second-order valence-electron chi connectivity index (χ2n) is 6.75. The summed E-state index contributed by atoms with van der Waals surface area (Å²) in [5, 5.41) is 6.15. The van der Waals surface area contributed by atoms with Crippen LogP contribution in [0.3, 0.4) is 0 Å². The lowest BCUT2D eigenvalue weighted by molar-refractivity contribution is 0.102. The van der Waals surface area contributed by atoms with Gasteiger partial charge in [-0.3, -0.25) is 4.79 Å². The molecular formula is C22H24N4O. The van der Waals surface area contributed by atoms with Crippen LogP contribution in [0.15, 0.2) is 60.8 Å². The molecular weight excluding hydrogens is 336 g/mol. The number of aromatic nitrogens is 1. The van der Waals surface area contributed by atoms with Crippen LogP contribution in [0.1, 0.15) is 21.5 Å². The third-order valence-electron chi connectivity index (χ3n) is 4.45. The molecule has 1 heterocycles. The molecule has 0 aliphatic carbocycles. The lowest BCUT2D eigenvalue weighted by atomic mass is 10.1. The molecule has 2 N–H and O–H groups in total. The first kappa shape index (κ1) is 18.5. The lowest BCUT2D eigenvalue weighted by Gasteiger charge is -2.13. The lowest BCUT2D eigenvalue weighted by Crippen LogP contribution is -2.13. The Morgan fingerprint density at radius 1 is 0.889 bits per heavy atom. The molecule has 3 aromatic rings. The van der Waals surface area contributed by atoms with Crippen molar-refractivity contribution in [3.63, 3.8) is 0 Å². The molecule has 0 saturated carbocycles. The molecule has 0 aliphatic heterocycles. The summed E-state index contributed by atoms with van der Waals surface area (Å²) in [5.41, 5.74) is 5.79. The van der Waals surface area contributed by atoms with Crippen LogP contribution >= 0.6 is 0 Å². The van der Waals surface area contributed by atoms with E-state index in [9.17, 15) is 4.79 Å². The average Bonchev–Trinajstić information content (AvgIpc) is 2.66. The van der Waals surface area contributed by atoms with Gasteiger partial charge in [0.15, 0.2) is 0 Å². The number of benzene rings is 2. The zero-order valence-electron chi connectivity index (χ0n) is 16.1. The molecule has 138 valence electrons. The number of hydrogen-bond acceptors (Lipinski definition) is 4. The second-order valence-corrected chi connectivity index (χ2v) is 6.75. The number of carbonyl (C=O) groups is 1. The van der Waals surface area contributed by atoms with Gasteiger partial charge in [0, 0.05) is 37.4 Å². The summed E-state index contributed by atoms with van der Waals surface area (Å²) < 4.78 is 0. The molecule has 0 aliphatic rings. The first-order valence-electron chi connectivity index (χ1n) is 8.81. The Balaban J connectivity index is 1.65. The summed E-state index contributed by atoms with van der Waals surface area (Å²) >= 11 is 0. The first-order chi connectivity index (χ1) is 12.9. The largest absolute Gasteiger partial charge is 0.378 e. The standard InChI is InChI=1S/C22H24N4O/c1-15-5-7-19(13-16(15)2)24-21-12-6-17(14-23-21)22(27)25-18-8-10-20(11-9-18)26(3)4/h5-14H,1-4H3,(H,23,24)(H,25,27). The van der Waals surface area contributed by atoms with Crippen LogP contribution in [-0.2, 0) is 0 Å². The number of hydrogen-bond donors (Lipinski definition) is 2. The highest BCUT2D eigenvalue weighted by Gasteiger charge is 2.07. The third kappa shape index (κ3) is 4.64. The molecule has 0 radical (unpaired) electrons. The van der Waals surface area contributed by atoms with Crippen LogP contribution in [-0.4, -0.2) is 25.0 Å². The Kier molecular flexibility index (Phi) is 5.41. The summed E-state index contributed by atoms with van der Waals surface area (Å²) in [6, 6.07) is 17.4. The fourth-order valence-electron chi connectivity index (χ4n) is 2.62. The molecule has 5 heteroatoms. The molecule has 0 unspecified atom stereocenters. The Morgan fingerprint density at radius 3 is 2.19 bits per heavy atom. The molecule has 0 atom stereocenters. The minimum atomic E-state index is -0.183. The van der Waals surface area contributed by atoms with Gasteiger partial charge in [0.25, 0.3) is 5.91 Å². The van der Waals surface area contributed by atoms with E-state index in [0.29, 0.717) is 11.4 Å². The summed E-state index contributed by atoms with van der Waals surface area (Å²) in [4.78, 5) is 18.8. The highest BCUT2D eigenvalue weighted by molar-refractivity contribution is 6.04. The van der Waals surface area contributed by atoms with Crippen molar-refractivity contribution in [3.05, 3.63) is 77.5 Å². The van der Waals surface area contributed by atoms with Crippen LogP contribution < -0.4 is 15.5 Å². The van der Waals surface area contributed by atoms with Crippen molar-refractivity contribution in [2.24, 2.45) is 0 Å². The van der Waals surface area contributed by atoms with Crippen LogP contribution in [0.25, 0.3) is 0 Å². The molecule has 1 amide bonds. The van der Waals surface area contributed by atoms with Crippen LogP contribution in [0.5, 0.6) is 0 Å².